The van der Waals surface area contributed by atoms with Crippen molar-refractivity contribution >= 4 is 40.5 Å². The summed E-state index contributed by atoms with van der Waals surface area (Å²) in [5, 5.41) is 20.7. The molecule has 0 saturated carbocycles. The molecule has 2 heterocycles. The minimum atomic E-state index is -1.30. The highest BCUT2D eigenvalue weighted by Gasteiger charge is 2.21. The minimum absolute atomic E-state index is 0.0376. The summed E-state index contributed by atoms with van der Waals surface area (Å²) in [6.45, 7) is 0.439. The van der Waals surface area contributed by atoms with Crippen LogP contribution in [-0.2, 0) is 23.2 Å². The van der Waals surface area contributed by atoms with Crippen LogP contribution in [0.1, 0.15) is 28.9 Å². The lowest BCUT2D eigenvalue weighted by Gasteiger charge is -2.20. The highest BCUT2D eigenvalue weighted by Crippen LogP contribution is 2.20. The van der Waals surface area contributed by atoms with E-state index in [9.17, 15) is 24.3 Å². The number of aliphatic carboxylic acids is 2. The average molecular weight is 456 g/mol. The summed E-state index contributed by atoms with van der Waals surface area (Å²) in [6, 6.07) is 6.94. The molecular weight excluding hydrogens is 432 g/mol. The van der Waals surface area contributed by atoms with Gasteiger partial charge >= 0.3 is 11.9 Å². The Morgan fingerprint density at radius 1 is 1.24 bits per heavy atom. The molecule has 3 rings (SSSR count). The van der Waals surface area contributed by atoms with Gasteiger partial charge in [-0.15, -0.1) is 0 Å². The summed E-state index contributed by atoms with van der Waals surface area (Å²) in [4.78, 5) is 55.0. The molecule has 1 atom stereocenters. The quantitative estimate of drug-likeness (QED) is 0.306. The van der Waals surface area contributed by atoms with Crippen molar-refractivity contribution in [3.8, 4) is 0 Å². The van der Waals surface area contributed by atoms with Crippen molar-refractivity contribution in [1.82, 2.24) is 19.9 Å². The fourth-order valence-electron chi connectivity index (χ4n) is 3.39. The highest BCUT2D eigenvalue weighted by molar-refractivity contribution is 5.97. The molecule has 0 spiro atoms. The number of nitrogen functional groups attached to an aromatic ring is 1. The van der Waals surface area contributed by atoms with Crippen LogP contribution < -0.4 is 21.5 Å². The first-order chi connectivity index (χ1) is 15.6. The van der Waals surface area contributed by atoms with Crippen LogP contribution in [-0.4, -0.2) is 55.7 Å². The van der Waals surface area contributed by atoms with E-state index in [1.165, 1.54) is 0 Å². The minimum Gasteiger partial charge on any atom is -0.481 e. The van der Waals surface area contributed by atoms with Crippen LogP contribution in [0.2, 0.25) is 0 Å². The van der Waals surface area contributed by atoms with Crippen molar-refractivity contribution < 1.29 is 24.6 Å². The average Bonchev–Trinajstić information content (AvgIpc) is 3.06. The van der Waals surface area contributed by atoms with Crippen molar-refractivity contribution in [2.45, 2.75) is 25.4 Å². The van der Waals surface area contributed by atoms with Gasteiger partial charge in [-0.2, -0.15) is 4.98 Å². The van der Waals surface area contributed by atoms with Crippen LogP contribution in [0.5, 0.6) is 0 Å². The monoisotopic (exact) mass is 456 g/mol. The van der Waals surface area contributed by atoms with Gasteiger partial charge in [0.05, 0.1) is 11.9 Å². The van der Waals surface area contributed by atoms with E-state index in [-0.39, 0.29) is 29.9 Å². The predicted octanol–water partition coefficient (Wildman–Crippen LogP) is 0.528. The van der Waals surface area contributed by atoms with Gasteiger partial charge in [0.25, 0.3) is 11.5 Å². The molecule has 0 radical (unpaired) electrons. The molecule has 0 saturated heterocycles. The van der Waals surface area contributed by atoms with Crippen LogP contribution in [0.15, 0.2) is 35.1 Å². The lowest BCUT2D eigenvalue weighted by Crippen LogP contribution is -2.41. The zero-order valence-corrected chi connectivity index (χ0v) is 18.0. The number of H-pyrrole nitrogens is 1. The van der Waals surface area contributed by atoms with Gasteiger partial charge in [-0.3, -0.25) is 19.4 Å². The van der Waals surface area contributed by atoms with Crippen LogP contribution in [0, 0.1) is 0 Å². The van der Waals surface area contributed by atoms with Gasteiger partial charge < -0.3 is 30.7 Å². The Kier molecular flexibility index (Phi) is 6.66. The smallest absolute Gasteiger partial charge is 0.326 e. The molecule has 2 aromatic heterocycles. The first-order valence-corrected chi connectivity index (χ1v) is 9.97. The van der Waals surface area contributed by atoms with E-state index in [1.807, 2.05) is 11.9 Å². The maximum atomic E-state index is 12.4. The summed E-state index contributed by atoms with van der Waals surface area (Å²) in [5.74, 6) is -3.02. The third-order valence-electron chi connectivity index (χ3n) is 5.23. The second-order valence-electron chi connectivity index (χ2n) is 7.58. The van der Waals surface area contributed by atoms with E-state index >= 15 is 0 Å². The number of rotatable bonds is 9. The second-order valence-corrected chi connectivity index (χ2v) is 7.58. The number of amides is 1. The molecule has 3 aromatic rings. The normalized spacial score (nSPS) is 11.8. The number of nitrogens with zero attached hydrogens (tertiary/aromatic N) is 3. The number of carbonyl (C=O) groups is 3. The van der Waals surface area contributed by atoms with E-state index < -0.39 is 23.9 Å². The number of benzene rings is 1. The molecule has 0 aliphatic heterocycles. The number of aromatic amines is 1. The van der Waals surface area contributed by atoms with Gasteiger partial charge in [0.15, 0.2) is 0 Å². The summed E-state index contributed by atoms with van der Waals surface area (Å²) >= 11 is 0. The van der Waals surface area contributed by atoms with Gasteiger partial charge in [0.1, 0.15) is 11.7 Å². The van der Waals surface area contributed by atoms with Crippen molar-refractivity contribution in [2.75, 3.05) is 17.7 Å². The number of carboxylic acid groups (broad SMARTS) is 2. The van der Waals surface area contributed by atoms with E-state index in [1.54, 1.807) is 41.9 Å². The first kappa shape index (κ1) is 23.3. The molecule has 12 nitrogen and oxygen atoms in total. The predicted molar refractivity (Wildman–Crippen MR) is 120 cm³/mol. The lowest BCUT2D eigenvalue weighted by molar-refractivity contribution is -0.140. The summed E-state index contributed by atoms with van der Waals surface area (Å²) in [7, 11) is 3.62. The Balaban J connectivity index is 1.71. The topological polar surface area (TPSA) is 184 Å². The lowest BCUT2D eigenvalue weighted by atomic mass is 10.1. The van der Waals surface area contributed by atoms with E-state index in [2.05, 4.69) is 15.3 Å². The molecule has 33 heavy (non-hydrogen) atoms. The van der Waals surface area contributed by atoms with E-state index in [4.69, 9.17) is 10.8 Å². The van der Waals surface area contributed by atoms with Gasteiger partial charge in [0, 0.05) is 37.5 Å². The fraction of sp³-hybridized carbons (Fsp3) is 0.286. The SMILES string of the molecule is CN(Cc1cc2c(=O)[nH]c(N)nc2n1C)c1ccc(C(=O)N[C@@H](CCC(=O)O)C(=O)O)cc1. The molecule has 0 unspecified atom stereocenters. The summed E-state index contributed by atoms with van der Waals surface area (Å²) < 4.78 is 1.78. The summed E-state index contributed by atoms with van der Waals surface area (Å²) in [5.41, 5.74) is 7.62. The number of aromatic nitrogens is 3. The molecule has 1 aromatic carbocycles. The van der Waals surface area contributed by atoms with Crippen LogP contribution >= 0.6 is 0 Å². The number of carboxylic acids is 2. The van der Waals surface area contributed by atoms with Crippen molar-refractivity contribution in [2.24, 2.45) is 7.05 Å². The van der Waals surface area contributed by atoms with E-state index in [0.29, 0.717) is 17.6 Å². The number of anilines is 2. The standard InChI is InChI=1S/C21H24N6O6/c1-26(10-13-9-14-17(27(13)2)24-21(22)25-19(14)31)12-5-3-11(4-6-12)18(30)23-15(20(32)33)7-8-16(28)29/h3-6,9,15H,7-8,10H2,1-2H3,(H,23,30)(H,28,29)(H,32,33)(H3,22,24,25,31)/t15-/m0/s1. The number of hydrogen-bond acceptors (Lipinski definition) is 7. The molecule has 6 N–H and O–H groups in total. The highest BCUT2D eigenvalue weighted by atomic mass is 16.4. The maximum absolute atomic E-state index is 12.4. The van der Waals surface area contributed by atoms with Crippen LogP contribution in [0.4, 0.5) is 11.6 Å². The van der Waals surface area contributed by atoms with Crippen molar-refractivity contribution in [1.29, 1.82) is 0 Å². The zero-order chi connectivity index (χ0) is 24.3. The Hall–Kier alpha value is -4.35. The number of aryl methyl sites for hydroxylation is 1. The molecule has 0 fully saturated rings. The third kappa shape index (κ3) is 5.29. The molecular formula is C21H24N6O6. The second kappa shape index (κ2) is 9.42. The van der Waals surface area contributed by atoms with Crippen LogP contribution in [0.25, 0.3) is 11.0 Å². The largest absolute Gasteiger partial charge is 0.481 e. The fourth-order valence-corrected chi connectivity index (χ4v) is 3.39. The maximum Gasteiger partial charge on any atom is 0.326 e. The molecule has 0 aliphatic carbocycles. The number of nitrogens with two attached hydrogens (primary N) is 1. The molecule has 174 valence electrons. The van der Waals surface area contributed by atoms with Crippen LogP contribution in [0.3, 0.4) is 0 Å². The number of hydrogen-bond donors (Lipinski definition) is 5. The van der Waals surface area contributed by atoms with E-state index in [0.717, 1.165) is 11.4 Å². The number of carbonyl (C=O) groups excluding carboxylic acids is 1. The van der Waals surface area contributed by atoms with Gasteiger partial charge in [-0.25, -0.2) is 4.79 Å². The number of nitrogens with one attached hydrogen (secondary N) is 2. The van der Waals surface area contributed by atoms with Crippen molar-refractivity contribution in [3.63, 3.8) is 0 Å². The van der Waals surface area contributed by atoms with Crippen molar-refractivity contribution in [3.05, 3.63) is 51.9 Å². The third-order valence-corrected chi connectivity index (χ3v) is 5.23. The van der Waals surface area contributed by atoms with Gasteiger partial charge in [0.2, 0.25) is 5.95 Å². The summed E-state index contributed by atoms with van der Waals surface area (Å²) in [6.07, 6.45) is -0.589. The van der Waals surface area contributed by atoms with Gasteiger partial charge in [-0.1, -0.05) is 0 Å². The van der Waals surface area contributed by atoms with Gasteiger partial charge in [-0.05, 0) is 36.8 Å². The molecule has 1 amide bonds. The Labute approximate surface area is 187 Å². The Morgan fingerprint density at radius 3 is 2.52 bits per heavy atom. The Morgan fingerprint density at radius 2 is 1.91 bits per heavy atom. The zero-order valence-electron chi connectivity index (χ0n) is 18.0. The first-order valence-electron chi connectivity index (χ1n) is 9.97. The Bertz CT molecular complexity index is 1260. The molecule has 0 bridgehead atoms. The molecule has 12 heteroatoms. The number of fused-ring (bicyclic) bond motifs is 1. The molecule has 0 aliphatic rings.